The highest BCUT2D eigenvalue weighted by Crippen LogP contribution is 2.27. The number of thiazole rings is 1. The zero-order valence-corrected chi connectivity index (χ0v) is 21.4. The Labute approximate surface area is 200 Å². The molecule has 1 N–H and O–H groups in total. The highest BCUT2D eigenvalue weighted by atomic mass is 32.1. The van der Waals surface area contributed by atoms with Gasteiger partial charge in [-0.15, -0.1) is 11.3 Å². The van der Waals surface area contributed by atoms with E-state index in [1.807, 2.05) is 27.7 Å². The Morgan fingerprint density at radius 2 is 1.79 bits per heavy atom. The van der Waals surface area contributed by atoms with Gasteiger partial charge in [-0.3, -0.25) is 19.1 Å². The van der Waals surface area contributed by atoms with Gasteiger partial charge in [0.25, 0.3) is 5.56 Å². The van der Waals surface area contributed by atoms with Gasteiger partial charge in [-0.2, -0.15) is 0 Å². The average molecular weight is 492 g/mol. The fourth-order valence-corrected chi connectivity index (χ4v) is 5.35. The van der Waals surface area contributed by atoms with Gasteiger partial charge in [0.15, 0.2) is 5.13 Å². The molecule has 0 saturated heterocycles. The Morgan fingerprint density at radius 1 is 1.09 bits per heavy atom. The zero-order valence-electron chi connectivity index (χ0n) is 19.8. The van der Waals surface area contributed by atoms with E-state index in [2.05, 4.69) is 15.2 Å². The third-order valence-electron chi connectivity index (χ3n) is 5.43. The van der Waals surface area contributed by atoms with Crippen LogP contribution in [0.5, 0.6) is 0 Å². The Balaban J connectivity index is 1.94. The van der Waals surface area contributed by atoms with Crippen LogP contribution >= 0.6 is 22.7 Å². The Kier molecular flexibility index (Phi) is 7.98. The first-order valence-corrected chi connectivity index (χ1v) is 12.5. The van der Waals surface area contributed by atoms with E-state index in [0.717, 1.165) is 34.9 Å². The first-order valence-electron chi connectivity index (χ1n) is 10.9. The first-order chi connectivity index (χ1) is 15.7. The minimum Gasteiger partial charge on any atom is -0.462 e. The molecule has 0 radical (unpaired) electrons. The Hall–Kier alpha value is -2.63. The minimum atomic E-state index is -0.469. The second-order valence-electron chi connectivity index (χ2n) is 7.55. The molecule has 3 aromatic rings. The molecule has 0 fully saturated rings. The van der Waals surface area contributed by atoms with Gasteiger partial charge in [0.1, 0.15) is 22.1 Å². The lowest BCUT2D eigenvalue weighted by Crippen LogP contribution is -2.34. The fourth-order valence-electron chi connectivity index (χ4n) is 3.44. The Bertz CT molecular complexity index is 1240. The zero-order chi connectivity index (χ0) is 24.3. The van der Waals surface area contributed by atoms with Crippen LogP contribution in [-0.2, 0) is 22.6 Å². The maximum atomic E-state index is 13.4. The van der Waals surface area contributed by atoms with Crippen molar-refractivity contribution in [1.29, 1.82) is 0 Å². The summed E-state index contributed by atoms with van der Waals surface area (Å²) in [7, 11) is 0. The number of aryl methyl sites for hydroxylation is 3. The van der Waals surface area contributed by atoms with Gasteiger partial charge in [0.05, 0.1) is 24.2 Å². The fraction of sp³-hybridized carbons (Fsp3) is 0.500. The number of hydrogen-bond acceptors (Lipinski definition) is 9. The predicted molar refractivity (Wildman–Crippen MR) is 131 cm³/mol. The van der Waals surface area contributed by atoms with Gasteiger partial charge in [0.2, 0.25) is 5.91 Å². The highest BCUT2D eigenvalue weighted by molar-refractivity contribution is 7.18. The summed E-state index contributed by atoms with van der Waals surface area (Å²) in [5.74, 6) is -0.327. The molecule has 1 amide bonds. The van der Waals surface area contributed by atoms with Crippen molar-refractivity contribution in [1.82, 2.24) is 19.4 Å². The highest BCUT2D eigenvalue weighted by Gasteiger charge is 2.21. The van der Waals surface area contributed by atoms with Crippen molar-refractivity contribution in [2.24, 2.45) is 0 Å². The standard InChI is InChI=1S/C22H29N5O4S2/c1-7-26(8-2)10-15-24-19-17(12(4)14(6)32-19)20(29)27(15)11-16(28)25-22-23-13(5)18(33-22)21(30)31-9-3/h7-11H2,1-6H3,(H,23,25,28). The van der Waals surface area contributed by atoms with Gasteiger partial charge in [0, 0.05) is 4.88 Å². The second kappa shape index (κ2) is 10.5. The first kappa shape index (κ1) is 25.0. The summed E-state index contributed by atoms with van der Waals surface area (Å²) in [6, 6.07) is 0. The third kappa shape index (κ3) is 5.31. The smallest absolute Gasteiger partial charge is 0.350 e. The summed E-state index contributed by atoms with van der Waals surface area (Å²) in [4.78, 5) is 51.6. The number of rotatable bonds is 9. The molecule has 0 atom stereocenters. The predicted octanol–water partition coefficient (Wildman–Crippen LogP) is 3.50. The van der Waals surface area contributed by atoms with Crippen LogP contribution < -0.4 is 10.9 Å². The molecule has 9 nitrogen and oxygen atoms in total. The normalized spacial score (nSPS) is 11.4. The third-order valence-corrected chi connectivity index (χ3v) is 7.59. The van der Waals surface area contributed by atoms with Crippen molar-refractivity contribution in [3.8, 4) is 0 Å². The molecule has 0 aromatic carbocycles. The summed E-state index contributed by atoms with van der Waals surface area (Å²) in [6.07, 6.45) is 0. The average Bonchev–Trinajstić information content (AvgIpc) is 3.27. The number of esters is 1. The molecule has 0 spiro atoms. The summed E-state index contributed by atoms with van der Waals surface area (Å²) >= 11 is 2.55. The number of carbonyl (C=O) groups excluding carboxylic acids is 2. The number of hydrogen-bond donors (Lipinski definition) is 1. The van der Waals surface area contributed by atoms with Crippen LogP contribution in [-0.4, -0.2) is 51.0 Å². The number of nitrogens with one attached hydrogen (secondary N) is 1. The number of ether oxygens (including phenoxy) is 1. The molecule has 33 heavy (non-hydrogen) atoms. The molecule has 0 aliphatic rings. The number of nitrogens with zero attached hydrogens (tertiary/aromatic N) is 4. The maximum Gasteiger partial charge on any atom is 0.350 e. The van der Waals surface area contributed by atoms with Gasteiger partial charge in [-0.25, -0.2) is 14.8 Å². The largest absolute Gasteiger partial charge is 0.462 e. The van der Waals surface area contributed by atoms with Crippen LogP contribution in [0.15, 0.2) is 4.79 Å². The number of anilines is 1. The van der Waals surface area contributed by atoms with Crippen LogP contribution in [0.3, 0.4) is 0 Å². The summed E-state index contributed by atoms with van der Waals surface area (Å²) in [6.45, 7) is 13.5. The maximum absolute atomic E-state index is 13.4. The van der Waals surface area contributed by atoms with Crippen LogP contribution in [0.4, 0.5) is 5.13 Å². The number of carbonyl (C=O) groups is 2. The molecule has 0 unspecified atom stereocenters. The van der Waals surface area contributed by atoms with Gasteiger partial charge < -0.3 is 10.1 Å². The molecule has 0 bridgehead atoms. The van der Waals surface area contributed by atoms with Crippen LogP contribution in [0.2, 0.25) is 0 Å². The van der Waals surface area contributed by atoms with Crippen molar-refractivity contribution in [3.05, 3.63) is 37.2 Å². The van der Waals surface area contributed by atoms with E-state index < -0.39 is 11.9 Å². The van der Waals surface area contributed by atoms with E-state index in [1.54, 1.807) is 13.8 Å². The molecule has 0 aliphatic carbocycles. The van der Waals surface area contributed by atoms with Crippen molar-refractivity contribution in [2.75, 3.05) is 25.0 Å². The monoisotopic (exact) mass is 491 g/mol. The number of fused-ring (bicyclic) bond motifs is 1. The number of aromatic nitrogens is 3. The van der Waals surface area contributed by atoms with Gasteiger partial charge in [-0.1, -0.05) is 25.2 Å². The lowest BCUT2D eigenvalue weighted by atomic mass is 10.2. The van der Waals surface area contributed by atoms with E-state index in [0.29, 0.717) is 33.2 Å². The molecule has 11 heteroatoms. The van der Waals surface area contributed by atoms with E-state index in [4.69, 9.17) is 9.72 Å². The minimum absolute atomic E-state index is 0.194. The van der Waals surface area contributed by atoms with Crippen molar-refractivity contribution in [2.45, 2.75) is 54.6 Å². The summed E-state index contributed by atoms with van der Waals surface area (Å²) in [5, 5.41) is 3.56. The summed E-state index contributed by atoms with van der Waals surface area (Å²) < 4.78 is 6.47. The van der Waals surface area contributed by atoms with E-state index in [9.17, 15) is 14.4 Å². The van der Waals surface area contributed by atoms with Crippen molar-refractivity contribution < 1.29 is 14.3 Å². The molecule has 3 aromatic heterocycles. The van der Waals surface area contributed by atoms with E-state index >= 15 is 0 Å². The SMILES string of the molecule is CCOC(=O)c1sc(NC(=O)Cn2c(CN(CC)CC)nc3sc(C)c(C)c3c2=O)nc1C. The quantitative estimate of drug-likeness (QED) is 0.457. The van der Waals surface area contributed by atoms with E-state index in [1.165, 1.54) is 15.9 Å². The van der Waals surface area contributed by atoms with Crippen LogP contribution in [0, 0.1) is 20.8 Å². The lowest BCUT2D eigenvalue weighted by Gasteiger charge is -2.20. The molecular weight excluding hydrogens is 462 g/mol. The molecule has 0 aliphatic heterocycles. The van der Waals surface area contributed by atoms with Crippen LogP contribution in [0.25, 0.3) is 10.2 Å². The second-order valence-corrected chi connectivity index (χ2v) is 9.75. The summed E-state index contributed by atoms with van der Waals surface area (Å²) in [5.41, 5.74) is 1.16. The van der Waals surface area contributed by atoms with Gasteiger partial charge >= 0.3 is 5.97 Å². The van der Waals surface area contributed by atoms with E-state index in [-0.39, 0.29) is 23.8 Å². The van der Waals surface area contributed by atoms with Crippen LogP contribution in [0.1, 0.15) is 52.4 Å². The number of amides is 1. The molecule has 0 saturated carbocycles. The Morgan fingerprint density at radius 3 is 2.42 bits per heavy atom. The molecule has 3 rings (SSSR count). The number of thiophene rings is 1. The lowest BCUT2D eigenvalue weighted by molar-refractivity contribution is -0.116. The van der Waals surface area contributed by atoms with Gasteiger partial charge in [-0.05, 0) is 46.3 Å². The molecule has 3 heterocycles. The van der Waals surface area contributed by atoms with Crippen molar-refractivity contribution >= 4 is 49.9 Å². The molecular formula is C22H29N5O4S2. The topological polar surface area (TPSA) is 106 Å². The molecule has 178 valence electrons. The van der Waals surface area contributed by atoms with Crippen molar-refractivity contribution in [3.63, 3.8) is 0 Å².